The maximum Gasteiger partial charge on any atom is 0.246 e. The molecule has 0 saturated carbocycles. The Labute approximate surface area is 120 Å². The number of ether oxygens (including phenoxy) is 1. The first kappa shape index (κ1) is 14.6. The van der Waals surface area contributed by atoms with E-state index in [0.29, 0.717) is 6.54 Å². The van der Waals surface area contributed by atoms with Crippen LogP contribution in [0, 0.1) is 0 Å². The Bertz CT molecular complexity index is 511. The Morgan fingerprint density at radius 2 is 2.30 bits per heavy atom. The summed E-state index contributed by atoms with van der Waals surface area (Å²) in [7, 11) is 1.64. The minimum atomic E-state index is 0.0421. The largest absolute Gasteiger partial charge is 0.497 e. The number of hydrogen-bond acceptors (Lipinski definition) is 3. The van der Waals surface area contributed by atoms with Gasteiger partial charge in [0.25, 0.3) is 0 Å². The van der Waals surface area contributed by atoms with Gasteiger partial charge in [0.1, 0.15) is 5.75 Å². The minimum Gasteiger partial charge on any atom is -0.497 e. The predicted molar refractivity (Wildman–Crippen MR) is 80.4 cm³/mol. The first-order chi connectivity index (χ1) is 9.60. The molecule has 1 amide bonds. The van der Waals surface area contributed by atoms with Crippen LogP contribution in [0.15, 0.2) is 30.3 Å². The van der Waals surface area contributed by atoms with Crippen LogP contribution in [-0.4, -0.2) is 37.0 Å². The molecule has 20 heavy (non-hydrogen) atoms. The maximum atomic E-state index is 12.2. The molecule has 0 spiro atoms. The minimum absolute atomic E-state index is 0.0421. The molecule has 1 aliphatic heterocycles. The van der Waals surface area contributed by atoms with E-state index < -0.39 is 0 Å². The summed E-state index contributed by atoms with van der Waals surface area (Å²) in [6, 6.07) is 7.83. The van der Waals surface area contributed by atoms with E-state index in [2.05, 4.69) is 0 Å². The molecule has 1 saturated heterocycles. The van der Waals surface area contributed by atoms with Gasteiger partial charge in [-0.3, -0.25) is 4.79 Å². The lowest BCUT2D eigenvalue weighted by atomic mass is 10.0. The number of nitrogens with two attached hydrogens (primary N) is 1. The normalized spacial score (nSPS) is 19.9. The van der Waals surface area contributed by atoms with Gasteiger partial charge in [0.15, 0.2) is 0 Å². The van der Waals surface area contributed by atoms with Crippen molar-refractivity contribution in [3.05, 3.63) is 35.9 Å². The van der Waals surface area contributed by atoms with Gasteiger partial charge in [0.05, 0.1) is 7.11 Å². The standard InChI is InChI=1S/C16H22N2O2/c1-12(13-5-3-7-15(10-13)20-2)9-16(19)18-8-4-6-14(17)11-18/h3,5,7,9-10,14H,4,6,8,11,17H2,1-2H3. The number of nitrogens with zero attached hydrogens (tertiary/aromatic N) is 1. The Balaban J connectivity index is 2.10. The maximum absolute atomic E-state index is 12.2. The third kappa shape index (κ3) is 3.61. The van der Waals surface area contributed by atoms with Crippen LogP contribution >= 0.6 is 0 Å². The summed E-state index contributed by atoms with van der Waals surface area (Å²) in [5, 5.41) is 0. The Morgan fingerprint density at radius 1 is 1.50 bits per heavy atom. The zero-order valence-electron chi connectivity index (χ0n) is 12.1. The average Bonchev–Trinajstić information content (AvgIpc) is 2.47. The summed E-state index contributed by atoms with van der Waals surface area (Å²) in [5.74, 6) is 0.836. The van der Waals surface area contributed by atoms with Crippen LogP contribution in [0.2, 0.25) is 0 Å². The van der Waals surface area contributed by atoms with Crippen molar-refractivity contribution in [3.63, 3.8) is 0 Å². The monoisotopic (exact) mass is 274 g/mol. The van der Waals surface area contributed by atoms with Crippen LogP contribution in [0.1, 0.15) is 25.3 Å². The van der Waals surface area contributed by atoms with Crippen molar-refractivity contribution in [2.24, 2.45) is 5.73 Å². The Kier molecular flexibility index (Phi) is 4.79. The van der Waals surface area contributed by atoms with Crippen molar-refractivity contribution in [1.82, 2.24) is 4.90 Å². The summed E-state index contributed by atoms with van der Waals surface area (Å²) in [5.41, 5.74) is 7.85. The van der Waals surface area contributed by atoms with Crippen molar-refractivity contribution < 1.29 is 9.53 Å². The van der Waals surface area contributed by atoms with E-state index in [0.717, 1.165) is 36.3 Å². The van der Waals surface area contributed by atoms with Crippen molar-refractivity contribution in [2.75, 3.05) is 20.2 Å². The molecule has 0 radical (unpaired) electrons. The van der Waals surface area contributed by atoms with Gasteiger partial charge in [-0.25, -0.2) is 0 Å². The highest BCUT2D eigenvalue weighted by atomic mass is 16.5. The van der Waals surface area contributed by atoms with Crippen molar-refractivity contribution >= 4 is 11.5 Å². The zero-order valence-corrected chi connectivity index (χ0v) is 12.1. The lowest BCUT2D eigenvalue weighted by Crippen LogP contribution is -2.45. The van der Waals surface area contributed by atoms with E-state index >= 15 is 0 Å². The van der Waals surface area contributed by atoms with E-state index in [1.807, 2.05) is 36.1 Å². The van der Waals surface area contributed by atoms with Gasteiger partial charge in [-0.1, -0.05) is 12.1 Å². The van der Waals surface area contributed by atoms with E-state index in [4.69, 9.17) is 10.5 Å². The summed E-state index contributed by atoms with van der Waals surface area (Å²) in [4.78, 5) is 14.1. The van der Waals surface area contributed by atoms with Gasteiger partial charge >= 0.3 is 0 Å². The van der Waals surface area contributed by atoms with E-state index in [1.54, 1.807) is 13.2 Å². The molecule has 4 nitrogen and oxygen atoms in total. The highest BCUT2D eigenvalue weighted by Gasteiger charge is 2.19. The van der Waals surface area contributed by atoms with Crippen LogP contribution in [0.3, 0.4) is 0 Å². The number of benzene rings is 1. The molecule has 108 valence electrons. The molecule has 1 aromatic rings. The van der Waals surface area contributed by atoms with E-state index in [-0.39, 0.29) is 11.9 Å². The number of amides is 1. The van der Waals surface area contributed by atoms with E-state index in [9.17, 15) is 4.79 Å². The lowest BCUT2D eigenvalue weighted by molar-refractivity contribution is -0.127. The van der Waals surface area contributed by atoms with Crippen molar-refractivity contribution in [1.29, 1.82) is 0 Å². The molecule has 2 N–H and O–H groups in total. The topological polar surface area (TPSA) is 55.6 Å². The molecule has 0 aliphatic carbocycles. The highest BCUT2D eigenvalue weighted by molar-refractivity contribution is 5.95. The first-order valence-corrected chi connectivity index (χ1v) is 6.97. The zero-order chi connectivity index (χ0) is 14.5. The summed E-state index contributed by atoms with van der Waals surface area (Å²) >= 11 is 0. The second-order valence-corrected chi connectivity index (χ2v) is 5.25. The molecule has 1 atom stereocenters. The fraction of sp³-hybridized carbons (Fsp3) is 0.438. The fourth-order valence-electron chi connectivity index (χ4n) is 2.44. The van der Waals surface area contributed by atoms with Crippen LogP contribution in [0.5, 0.6) is 5.75 Å². The molecule has 4 heteroatoms. The molecular formula is C16H22N2O2. The molecule has 1 heterocycles. The van der Waals surface area contributed by atoms with Crippen LogP contribution in [0.25, 0.3) is 5.57 Å². The van der Waals surface area contributed by atoms with Gasteiger partial charge in [0.2, 0.25) is 5.91 Å². The van der Waals surface area contributed by atoms with Gasteiger partial charge < -0.3 is 15.4 Å². The third-order valence-corrected chi connectivity index (χ3v) is 3.63. The molecule has 1 aromatic carbocycles. The molecule has 1 aliphatic rings. The molecule has 0 bridgehead atoms. The van der Waals surface area contributed by atoms with Gasteiger partial charge in [-0.2, -0.15) is 0 Å². The average molecular weight is 274 g/mol. The number of carbonyl (C=O) groups excluding carboxylic acids is 1. The third-order valence-electron chi connectivity index (χ3n) is 3.63. The molecular weight excluding hydrogens is 252 g/mol. The van der Waals surface area contributed by atoms with Gasteiger partial charge in [-0.05, 0) is 43.0 Å². The number of methoxy groups -OCH3 is 1. The van der Waals surface area contributed by atoms with Crippen LogP contribution in [-0.2, 0) is 4.79 Å². The molecule has 1 unspecified atom stereocenters. The molecule has 2 rings (SSSR count). The summed E-state index contributed by atoms with van der Waals surface area (Å²) in [6.45, 7) is 3.39. The number of rotatable bonds is 3. The number of piperidine rings is 1. The van der Waals surface area contributed by atoms with Crippen molar-refractivity contribution in [3.8, 4) is 5.75 Å². The van der Waals surface area contributed by atoms with Gasteiger partial charge in [-0.15, -0.1) is 0 Å². The van der Waals surface area contributed by atoms with Gasteiger partial charge in [0, 0.05) is 25.2 Å². The number of carbonyl (C=O) groups is 1. The Hall–Kier alpha value is -1.81. The van der Waals surface area contributed by atoms with E-state index in [1.165, 1.54) is 0 Å². The van der Waals surface area contributed by atoms with Crippen LogP contribution in [0.4, 0.5) is 0 Å². The molecule has 1 fully saturated rings. The smallest absolute Gasteiger partial charge is 0.246 e. The molecule has 0 aromatic heterocycles. The predicted octanol–water partition coefficient (Wildman–Crippen LogP) is 2.05. The number of hydrogen-bond donors (Lipinski definition) is 1. The SMILES string of the molecule is COc1cccc(C(C)=CC(=O)N2CCCC(N)C2)c1. The Morgan fingerprint density at radius 3 is 3.00 bits per heavy atom. The second-order valence-electron chi connectivity index (χ2n) is 5.25. The number of likely N-dealkylation sites (tertiary alicyclic amines) is 1. The summed E-state index contributed by atoms with van der Waals surface area (Å²) < 4.78 is 5.20. The summed E-state index contributed by atoms with van der Waals surface area (Å²) in [6.07, 6.45) is 3.67. The first-order valence-electron chi connectivity index (χ1n) is 6.97. The van der Waals surface area contributed by atoms with Crippen molar-refractivity contribution in [2.45, 2.75) is 25.8 Å². The quantitative estimate of drug-likeness (QED) is 0.858. The second kappa shape index (κ2) is 6.57. The highest BCUT2D eigenvalue weighted by Crippen LogP contribution is 2.20. The van der Waals surface area contributed by atoms with Crippen LogP contribution < -0.4 is 10.5 Å². The fourth-order valence-corrected chi connectivity index (χ4v) is 2.44. The lowest BCUT2D eigenvalue weighted by Gasteiger charge is -2.30. The number of allylic oxidation sites excluding steroid dienone is 1.